The highest BCUT2D eigenvalue weighted by molar-refractivity contribution is 5.97. The Labute approximate surface area is 95.3 Å². The average Bonchev–Trinajstić information content (AvgIpc) is 2.64. The fourth-order valence-corrected chi connectivity index (χ4v) is 2.25. The maximum atomic E-state index is 11.2. The van der Waals surface area contributed by atoms with Gasteiger partial charge in [-0.2, -0.15) is 0 Å². The maximum absolute atomic E-state index is 11.2. The second-order valence-electron chi connectivity index (χ2n) is 4.52. The molecule has 86 valence electrons. The molecule has 0 spiro atoms. The normalized spacial score (nSPS) is 24.3. The van der Waals surface area contributed by atoms with E-state index < -0.39 is 5.91 Å². The fraction of sp³-hybridized carbons (Fsp3) is 0.500. The number of hydrogen-bond acceptors (Lipinski definition) is 3. The van der Waals surface area contributed by atoms with Crippen molar-refractivity contribution in [2.75, 3.05) is 5.32 Å². The van der Waals surface area contributed by atoms with E-state index in [1.165, 1.54) is 6.42 Å². The lowest BCUT2D eigenvalue weighted by Crippen LogP contribution is -2.21. The molecule has 0 saturated heterocycles. The van der Waals surface area contributed by atoms with Crippen molar-refractivity contribution in [1.82, 2.24) is 4.98 Å². The van der Waals surface area contributed by atoms with Gasteiger partial charge in [-0.25, -0.2) is 4.98 Å². The monoisotopic (exact) mass is 219 g/mol. The van der Waals surface area contributed by atoms with Crippen molar-refractivity contribution < 1.29 is 4.79 Å². The van der Waals surface area contributed by atoms with E-state index in [2.05, 4.69) is 17.2 Å². The number of pyridine rings is 1. The minimum Gasteiger partial charge on any atom is -0.367 e. The largest absolute Gasteiger partial charge is 0.367 e. The summed E-state index contributed by atoms with van der Waals surface area (Å²) in [4.78, 5) is 15.4. The molecule has 3 N–H and O–H groups in total. The molecule has 4 nitrogen and oxygen atoms in total. The SMILES string of the molecule is CC1CCC(Nc2ncccc2C(N)=O)C1. The molecule has 0 aliphatic heterocycles. The topological polar surface area (TPSA) is 68.0 Å². The molecular formula is C12H17N3O. The van der Waals surface area contributed by atoms with E-state index >= 15 is 0 Å². The lowest BCUT2D eigenvalue weighted by molar-refractivity contribution is 0.100. The van der Waals surface area contributed by atoms with E-state index in [1.54, 1.807) is 18.3 Å². The number of carbonyl (C=O) groups is 1. The van der Waals surface area contributed by atoms with Crippen molar-refractivity contribution in [1.29, 1.82) is 0 Å². The Morgan fingerprint density at radius 1 is 1.56 bits per heavy atom. The first-order valence-corrected chi connectivity index (χ1v) is 5.68. The zero-order valence-electron chi connectivity index (χ0n) is 9.44. The van der Waals surface area contributed by atoms with Crippen molar-refractivity contribution in [2.24, 2.45) is 11.7 Å². The molecule has 1 heterocycles. The van der Waals surface area contributed by atoms with Crippen LogP contribution in [0.15, 0.2) is 18.3 Å². The molecule has 1 aromatic rings. The molecule has 16 heavy (non-hydrogen) atoms. The molecule has 2 unspecified atom stereocenters. The first-order chi connectivity index (χ1) is 7.66. The second-order valence-corrected chi connectivity index (χ2v) is 4.52. The molecule has 1 aliphatic rings. The molecular weight excluding hydrogens is 202 g/mol. The Balaban J connectivity index is 2.12. The van der Waals surface area contributed by atoms with Gasteiger partial charge in [0.1, 0.15) is 5.82 Å². The number of primary amides is 1. The number of anilines is 1. The van der Waals surface area contributed by atoms with Gasteiger partial charge in [0.15, 0.2) is 0 Å². The van der Waals surface area contributed by atoms with E-state index in [4.69, 9.17) is 5.73 Å². The van der Waals surface area contributed by atoms with Crippen LogP contribution in [0.5, 0.6) is 0 Å². The highest BCUT2D eigenvalue weighted by Crippen LogP contribution is 2.27. The maximum Gasteiger partial charge on any atom is 0.252 e. The average molecular weight is 219 g/mol. The van der Waals surface area contributed by atoms with Gasteiger partial charge < -0.3 is 11.1 Å². The fourth-order valence-electron chi connectivity index (χ4n) is 2.25. The number of carbonyl (C=O) groups excluding carboxylic acids is 1. The standard InChI is InChI=1S/C12H17N3O/c1-8-4-5-9(7-8)15-12-10(11(13)16)3-2-6-14-12/h2-3,6,8-9H,4-5,7H2,1H3,(H2,13,16)(H,14,15). The molecule has 1 aromatic heterocycles. The molecule has 1 saturated carbocycles. The number of aromatic nitrogens is 1. The number of amides is 1. The van der Waals surface area contributed by atoms with Crippen LogP contribution in [0, 0.1) is 5.92 Å². The van der Waals surface area contributed by atoms with Crippen LogP contribution in [0.2, 0.25) is 0 Å². The third-order valence-electron chi connectivity index (χ3n) is 3.11. The van der Waals surface area contributed by atoms with Crippen molar-refractivity contribution >= 4 is 11.7 Å². The van der Waals surface area contributed by atoms with E-state index in [9.17, 15) is 4.79 Å². The minimum absolute atomic E-state index is 0.419. The Hall–Kier alpha value is -1.58. The molecule has 2 atom stereocenters. The quantitative estimate of drug-likeness (QED) is 0.814. The summed E-state index contributed by atoms with van der Waals surface area (Å²) >= 11 is 0. The molecule has 0 aromatic carbocycles. The van der Waals surface area contributed by atoms with Gasteiger partial charge in [0, 0.05) is 12.2 Å². The van der Waals surface area contributed by atoms with Crippen LogP contribution >= 0.6 is 0 Å². The van der Waals surface area contributed by atoms with Gasteiger partial charge in [-0.3, -0.25) is 4.79 Å². The highest BCUT2D eigenvalue weighted by Gasteiger charge is 2.22. The van der Waals surface area contributed by atoms with Crippen LogP contribution in [0.4, 0.5) is 5.82 Å². The summed E-state index contributed by atoms with van der Waals surface area (Å²) in [6.45, 7) is 2.25. The second kappa shape index (κ2) is 4.51. The van der Waals surface area contributed by atoms with E-state index in [0.29, 0.717) is 17.4 Å². The first kappa shape index (κ1) is 10.9. The summed E-state index contributed by atoms with van der Waals surface area (Å²) in [5.41, 5.74) is 5.77. The van der Waals surface area contributed by atoms with Crippen LogP contribution in [0.25, 0.3) is 0 Å². The molecule has 2 rings (SSSR count). The Morgan fingerprint density at radius 2 is 2.38 bits per heavy atom. The smallest absolute Gasteiger partial charge is 0.252 e. The molecule has 0 radical (unpaired) electrons. The van der Waals surface area contributed by atoms with Crippen molar-refractivity contribution in [2.45, 2.75) is 32.2 Å². The Morgan fingerprint density at radius 3 is 3.00 bits per heavy atom. The molecule has 1 fully saturated rings. The number of nitrogens with one attached hydrogen (secondary N) is 1. The van der Waals surface area contributed by atoms with Crippen LogP contribution in [0.1, 0.15) is 36.5 Å². The lowest BCUT2D eigenvalue weighted by Gasteiger charge is -2.14. The van der Waals surface area contributed by atoms with Crippen molar-refractivity contribution in [3.8, 4) is 0 Å². The van der Waals surface area contributed by atoms with Gasteiger partial charge in [-0.15, -0.1) is 0 Å². The van der Waals surface area contributed by atoms with Crippen LogP contribution in [-0.4, -0.2) is 16.9 Å². The molecule has 1 amide bonds. The minimum atomic E-state index is -0.429. The van der Waals surface area contributed by atoms with Gasteiger partial charge in [0.2, 0.25) is 0 Å². The number of nitrogens with two attached hydrogens (primary N) is 1. The zero-order chi connectivity index (χ0) is 11.5. The summed E-state index contributed by atoms with van der Waals surface area (Å²) in [6, 6.07) is 3.85. The van der Waals surface area contributed by atoms with E-state index in [1.807, 2.05) is 0 Å². The third kappa shape index (κ3) is 2.32. The van der Waals surface area contributed by atoms with Crippen LogP contribution in [0.3, 0.4) is 0 Å². The molecule has 0 bridgehead atoms. The predicted molar refractivity (Wildman–Crippen MR) is 63.2 cm³/mol. The van der Waals surface area contributed by atoms with Gasteiger partial charge in [-0.1, -0.05) is 6.92 Å². The number of rotatable bonds is 3. The van der Waals surface area contributed by atoms with Gasteiger partial charge in [-0.05, 0) is 37.3 Å². The molecule has 4 heteroatoms. The summed E-state index contributed by atoms with van der Waals surface area (Å²) in [7, 11) is 0. The van der Waals surface area contributed by atoms with Crippen molar-refractivity contribution in [3.63, 3.8) is 0 Å². The summed E-state index contributed by atoms with van der Waals surface area (Å²) in [6.07, 6.45) is 5.17. The number of nitrogens with zero attached hydrogens (tertiary/aromatic N) is 1. The summed E-state index contributed by atoms with van der Waals surface area (Å²) in [5, 5.41) is 3.31. The van der Waals surface area contributed by atoms with Gasteiger partial charge in [0.25, 0.3) is 5.91 Å². The van der Waals surface area contributed by atoms with Gasteiger partial charge >= 0.3 is 0 Å². The van der Waals surface area contributed by atoms with E-state index in [0.717, 1.165) is 18.8 Å². The van der Waals surface area contributed by atoms with Crippen molar-refractivity contribution in [3.05, 3.63) is 23.9 Å². The highest BCUT2D eigenvalue weighted by atomic mass is 16.1. The first-order valence-electron chi connectivity index (χ1n) is 5.68. The summed E-state index contributed by atoms with van der Waals surface area (Å²) in [5.74, 6) is 0.939. The molecule has 1 aliphatic carbocycles. The zero-order valence-corrected chi connectivity index (χ0v) is 9.44. The lowest BCUT2D eigenvalue weighted by atomic mass is 10.1. The predicted octanol–water partition coefficient (Wildman–Crippen LogP) is 1.78. The van der Waals surface area contributed by atoms with E-state index in [-0.39, 0.29) is 0 Å². The van der Waals surface area contributed by atoms with Gasteiger partial charge in [0.05, 0.1) is 5.56 Å². The van der Waals surface area contributed by atoms with Crippen LogP contribution < -0.4 is 11.1 Å². The Bertz CT molecular complexity index is 392. The third-order valence-corrected chi connectivity index (χ3v) is 3.11. The Kier molecular flexibility index (Phi) is 3.08. The van der Waals surface area contributed by atoms with Crippen LogP contribution in [-0.2, 0) is 0 Å². The summed E-state index contributed by atoms with van der Waals surface area (Å²) < 4.78 is 0. The number of hydrogen-bond donors (Lipinski definition) is 2.